The number of allylic oxidation sites excluding steroid dienone is 3. The maximum absolute atomic E-state index is 14.3. The van der Waals surface area contributed by atoms with Gasteiger partial charge in [-0.15, -0.1) is 0 Å². The third-order valence-corrected chi connectivity index (χ3v) is 7.76. The molecule has 0 aromatic heterocycles. The van der Waals surface area contributed by atoms with Crippen LogP contribution in [0.4, 0.5) is 8.78 Å². The second-order valence-corrected chi connectivity index (χ2v) is 11.9. The Morgan fingerprint density at radius 3 is 2.52 bits per heavy atom. The Bertz CT molecular complexity index is 1330. The number of carbonyl (C=O) groups is 2. The number of amides is 2. The van der Waals surface area contributed by atoms with Crippen molar-refractivity contribution in [2.24, 2.45) is 17.1 Å². The summed E-state index contributed by atoms with van der Waals surface area (Å²) in [5, 5.41) is 24.2. The third-order valence-electron chi connectivity index (χ3n) is 7.76. The van der Waals surface area contributed by atoms with Crippen LogP contribution in [0.2, 0.25) is 0 Å². The van der Waals surface area contributed by atoms with Crippen LogP contribution in [-0.2, 0) is 9.53 Å². The minimum Gasteiger partial charge on any atom is -0.489 e. The van der Waals surface area contributed by atoms with E-state index in [0.29, 0.717) is 43.2 Å². The summed E-state index contributed by atoms with van der Waals surface area (Å²) in [5.74, 6) is -2.62. The van der Waals surface area contributed by atoms with Crippen molar-refractivity contribution in [3.63, 3.8) is 0 Å². The SMILES string of the molecule is CC(C)(O)COC1=C(C2CC2)N/C(=C(\C=N)C(=O)NC2CC3(C2)CC(Oc2c(F)cc(F)cc2C(N)=O)C3)C=C1. The third kappa shape index (κ3) is 5.89. The van der Waals surface area contributed by atoms with Gasteiger partial charge in [0.05, 0.1) is 34.2 Å². The predicted molar refractivity (Wildman–Crippen MR) is 142 cm³/mol. The van der Waals surface area contributed by atoms with E-state index >= 15 is 0 Å². The van der Waals surface area contributed by atoms with Gasteiger partial charge < -0.3 is 36.4 Å². The van der Waals surface area contributed by atoms with Crippen LogP contribution in [-0.4, -0.2) is 47.5 Å². The molecule has 0 saturated heterocycles. The number of carbonyl (C=O) groups excluding carboxylic acids is 2. The highest BCUT2D eigenvalue weighted by atomic mass is 19.1. The van der Waals surface area contributed by atoms with Crippen LogP contribution >= 0.6 is 0 Å². The minimum absolute atomic E-state index is 0.0540. The van der Waals surface area contributed by atoms with Crippen LogP contribution in [0.1, 0.15) is 62.7 Å². The molecule has 3 fully saturated rings. The number of benzene rings is 1. The normalized spacial score (nSPS) is 26.8. The van der Waals surface area contributed by atoms with E-state index in [-0.39, 0.29) is 52.9 Å². The topological polar surface area (TPSA) is 147 Å². The van der Waals surface area contributed by atoms with Gasteiger partial charge >= 0.3 is 0 Å². The summed E-state index contributed by atoms with van der Waals surface area (Å²) in [6.07, 6.45) is 8.79. The van der Waals surface area contributed by atoms with E-state index in [4.69, 9.17) is 20.6 Å². The molecule has 0 unspecified atom stereocenters. The maximum Gasteiger partial charge on any atom is 0.255 e. The van der Waals surface area contributed by atoms with Gasteiger partial charge in [-0.05, 0) is 76.0 Å². The van der Waals surface area contributed by atoms with E-state index in [1.807, 2.05) is 0 Å². The average Bonchev–Trinajstić information content (AvgIpc) is 3.66. The van der Waals surface area contributed by atoms with Crippen molar-refractivity contribution in [2.45, 2.75) is 70.1 Å². The van der Waals surface area contributed by atoms with Gasteiger partial charge in [0.2, 0.25) is 0 Å². The summed E-state index contributed by atoms with van der Waals surface area (Å²) in [6.45, 7) is 3.46. The van der Waals surface area contributed by atoms with Crippen LogP contribution in [0.15, 0.2) is 47.0 Å². The van der Waals surface area contributed by atoms with E-state index in [1.165, 1.54) is 0 Å². The van der Waals surface area contributed by atoms with Crippen LogP contribution in [0.3, 0.4) is 0 Å². The fourth-order valence-corrected chi connectivity index (χ4v) is 5.68. The zero-order chi connectivity index (χ0) is 28.8. The number of hydrogen-bond acceptors (Lipinski definition) is 7. The monoisotopic (exact) mass is 556 g/mol. The Kier molecular flexibility index (Phi) is 7.20. The van der Waals surface area contributed by atoms with E-state index in [9.17, 15) is 23.5 Å². The highest BCUT2D eigenvalue weighted by molar-refractivity contribution is 6.12. The second kappa shape index (κ2) is 10.3. The predicted octanol–water partition coefficient (Wildman–Crippen LogP) is 3.34. The van der Waals surface area contributed by atoms with Gasteiger partial charge in [-0.25, -0.2) is 8.78 Å². The molecule has 4 aliphatic rings. The van der Waals surface area contributed by atoms with E-state index in [1.54, 1.807) is 26.0 Å². The molecule has 3 aliphatic carbocycles. The zero-order valence-electron chi connectivity index (χ0n) is 22.5. The first kappa shape index (κ1) is 27.8. The molecular weight excluding hydrogens is 522 g/mol. The molecule has 0 atom stereocenters. The molecule has 0 radical (unpaired) electrons. The van der Waals surface area contributed by atoms with E-state index in [0.717, 1.165) is 30.8 Å². The summed E-state index contributed by atoms with van der Waals surface area (Å²) in [7, 11) is 0. The van der Waals surface area contributed by atoms with Gasteiger partial charge in [0.25, 0.3) is 11.8 Å². The Morgan fingerprint density at radius 1 is 1.23 bits per heavy atom. The van der Waals surface area contributed by atoms with Crippen LogP contribution < -0.4 is 21.1 Å². The standard InChI is InChI=1S/C29H34F2N4O5/c1-28(2,38)14-39-23-6-5-22(35-24(23)15-3-4-15)20(13-32)27(37)34-17-9-29(10-17)11-18(12-29)40-25-19(26(33)36)7-16(30)8-21(25)31/h5-8,13,15,17-18,32,35,38H,3-4,9-12,14H2,1-2H3,(H2,33,36)(H,34,37)/b22-20+,32-13?. The van der Waals surface area contributed by atoms with Crippen LogP contribution in [0, 0.1) is 28.4 Å². The molecule has 1 spiro atoms. The van der Waals surface area contributed by atoms with Crippen molar-refractivity contribution in [2.75, 3.05) is 6.61 Å². The highest BCUT2D eigenvalue weighted by Gasteiger charge is 2.54. The molecule has 1 aromatic carbocycles. The molecule has 1 aliphatic heterocycles. The summed E-state index contributed by atoms with van der Waals surface area (Å²) >= 11 is 0. The lowest BCUT2D eigenvalue weighted by Crippen LogP contribution is -2.59. The summed E-state index contributed by atoms with van der Waals surface area (Å²) in [4.78, 5) is 24.7. The molecule has 5 rings (SSSR count). The number of aliphatic hydroxyl groups is 1. The largest absolute Gasteiger partial charge is 0.489 e. The summed E-state index contributed by atoms with van der Waals surface area (Å²) < 4.78 is 39.3. The zero-order valence-corrected chi connectivity index (χ0v) is 22.5. The molecule has 11 heteroatoms. The Balaban J connectivity index is 1.16. The fraction of sp³-hybridized carbons (Fsp3) is 0.483. The molecule has 9 nitrogen and oxygen atoms in total. The first-order chi connectivity index (χ1) is 18.9. The first-order valence-corrected chi connectivity index (χ1v) is 13.4. The highest BCUT2D eigenvalue weighted by Crippen LogP contribution is 2.57. The Labute approximate surface area is 231 Å². The number of rotatable bonds is 10. The van der Waals surface area contributed by atoms with Crippen LogP contribution in [0.25, 0.3) is 0 Å². The molecule has 1 heterocycles. The van der Waals surface area contributed by atoms with E-state index < -0.39 is 23.1 Å². The molecule has 3 saturated carbocycles. The average molecular weight is 557 g/mol. The van der Waals surface area contributed by atoms with Gasteiger partial charge in [-0.3, -0.25) is 9.59 Å². The lowest BCUT2D eigenvalue weighted by molar-refractivity contribution is -0.123. The molecule has 1 aromatic rings. The van der Waals surface area contributed by atoms with Crippen molar-refractivity contribution in [3.8, 4) is 5.75 Å². The molecule has 40 heavy (non-hydrogen) atoms. The lowest BCUT2D eigenvalue weighted by atomic mass is 9.53. The maximum atomic E-state index is 14.3. The summed E-state index contributed by atoms with van der Waals surface area (Å²) in [5.41, 5.74) is 5.47. The number of nitrogens with two attached hydrogens (primary N) is 1. The van der Waals surface area contributed by atoms with Crippen molar-refractivity contribution < 1.29 is 33.0 Å². The smallest absolute Gasteiger partial charge is 0.255 e. The van der Waals surface area contributed by atoms with Crippen molar-refractivity contribution in [3.05, 3.63) is 64.2 Å². The molecule has 6 N–H and O–H groups in total. The summed E-state index contributed by atoms with van der Waals surface area (Å²) in [6, 6.07) is 1.44. The van der Waals surface area contributed by atoms with Crippen molar-refractivity contribution in [1.29, 1.82) is 5.41 Å². The molecule has 214 valence electrons. The molecule has 0 bridgehead atoms. The number of dihydropyridines is 1. The van der Waals surface area contributed by atoms with Gasteiger partial charge in [-0.2, -0.15) is 0 Å². The van der Waals surface area contributed by atoms with Gasteiger partial charge in [0, 0.05) is 24.2 Å². The lowest BCUT2D eigenvalue weighted by Gasteiger charge is -2.57. The fourth-order valence-electron chi connectivity index (χ4n) is 5.68. The van der Waals surface area contributed by atoms with Gasteiger partial charge in [0.15, 0.2) is 11.6 Å². The van der Waals surface area contributed by atoms with Crippen molar-refractivity contribution in [1.82, 2.24) is 10.6 Å². The molecule has 2 amide bonds. The molecular formula is C29H34F2N4O5. The van der Waals surface area contributed by atoms with Crippen LogP contribution in [0.5, 0.6) is 5.75 Å². The Hall–Kier alpha value is -3.73. The number of nitrogens with one attached hydrogen (secondary N) is 3. The number of ether oxygens (including phenoxy) is 2. The van der Waals surface area contributed by atoms with Gasteiger partial charge in [0.1, 0.15) is 18.2 Å². The van der Waals surface area contributed by atoms with E-state index in [2.05, 4.69) is 10.6 Å². The first-order valence-electron chi connectivity index (χ1n) is 13.4. The number of hydrogen-bond donors (Lipinski definition) is 5. The second-order valence-electron chi connectivity index (χ2n) is 11.9. The van der Waals surface area contributed by atoms with Crippen molar-refractivity contribution >= 4 is 18.0 Å². The number of halogens is 2. The minimum atomic E-state index is -0.984. The number of primary amides is 1. The quantitative estimate of drug-likeness (QED) is 0.221. The Morgan fingerprint density at radius 2 is 1.93 bits per heavy atom. The van der Waals surface area contributed by atoms with Gasteiger partial charge in [-0.1, -0.05) is 0 Å².